The van der Waals surface area contributed by atoms with Crippen LogP contribution in [0.1, 0.15) is 26.7 Å². The maximum atomic E-state index is 12.5. The van der Waals surface area contributed by atoms with E-state index in [1.54, 1.807) is 4.31 Å². The van der Waals surface area contributed by atoms with Gasteiger partial charge in [-0.1, -0.05) is 6.07 Å². The number of sulfonamides is 1. The molecule has 0 aromatic heterocycles. The van der Waals surface area contributed by atoms with Crippen molar-refractivity contribution in [1.82, 2.24) is 4.31 Å². The number of thioether (sulfide) groups is 1. The van der Waals surface area contributed by atoms with E-state index in [4.69, 9.17) is 5.73 Å². The Hall–Kier alpha value is -0.720. The van der Waals surface area contributed by atoms with E-state index in [1.807, 2.05) is 38.1 Å². The molecule has 0 bridgehead atoms. The highest BCUT2D eigenvalue weighted by Gasteiger charge is 2.31. The standard InChI is InChI=1S/C15H24N2O2S2/c1-12(2)17(11-13-6-7-13)21(18,19)9-8-20-15-5-3-4-14(16)10-15/h3-5,10,12-13H,6-9,11,16H2,1-2H3. The Kier molecular flexibility index (Phi) is 5.57. The number of anilines is 1. The molecule has 1 fully saturated rings. The third-order valence-electron chi connectivity index (χ3n) is 3.54. The van der Waals surface area contributed by atoms with E-state index < -0.39 is 10.0 Å². The van der Waals surface area contributed by atoms with Crippen molar-refractivity contribution in [3.8, 4) is 0 Å². The highest BCUT2D eigenvalue weighted by atomic mass is 32.2. The lowest BCUT2D eigenvalue weighted by Crippen LogP contribution is -2.40. The lowest BCUT2D eigenvalue weighted by atomic mass is 10.3. The van der Waals surface area contributed by atoms with Crippen LogP contribution in [0.3, 0.4) is 0 Å². The van der Waals surface area contributed by atoms with Gasteiger partial charge in [0.1, 0.15) is 0 Å². The van der Waals surface area contributed by atoms with E-state index in [0.29, 0.717) is 23.9 Å². The fraction of sp³-hybridized carbons (Fsp3) is 0.600. The van der Waals surface area contributed by atoms with Crippen LogP contribution in [0.5, 0.6) is 0 Å². The lowest BCUT2D eigenvalue weighted by molar-refractivity contribution is 0.342. The van der Waals surface area contributed by atoms with Crippen LogP contribution in [-0.4, -0.2) is 36.8 Å². The molecule has 1 aliphatic rings. The van der Waals surface area contributed by atoms with Crippen LogP contribution < -0.4 is 5.73 Å². The Balaban J connectivity index is 1.90. The van der Waals surface area contributed by atoms with Gasteiger partial charge < -0.3 is 5.73 Å². The Morgan fingerprint density at radius 1 is 1.38 bits per heavy atom. The highest BCUT2D eigenvalue weighted by molar-refractivity contribution is 8.00. The lowest BCUT2D eigenvalue weighted by Gasteiger charge is -2.25. The van der Waals surface area contributed by atoms with Crippen molar-refractivity contribution in [2.75, 3.05) is 23.8 Å². The SMILES string of the molecule is CC(C)N(CC1CC1)S(=O)(=O)CCSc1cccc(N)c1. The molecule has 0 saturated heterocycles. The van der Waals surface area contributed by atoms with Gasteiger partial charge in [0.25, 0.3) is 0 Å². The molecule has 21 heavy (non-hydrogen) atoms. The zero-order valence-electron chi connectivity index (χ0n) is 12.7. The van der Waals surface area contributed by atoms with Crippen LogP contribution in [0.25, 0.3) is 0 Å². The number of nitrogens with zero attached hydrogens (tertiary/aromatic N) is 1. The molecule has 0 amide bonds. The topological polar surface area (TPSA) is 63.4 Å². The number of nitrogens with two attached hydrogens (primary N) is 1. The van der Waals surface area contributed by atoms with Crippen LogP contribution in [-0.2, 0) is 10.0 Å². The summed E-state index contributed by atoms with van der Waals surface area (Å²) in [5, 5.41) is 0. The molecule has 6 heteroatoms. The third kappa shape index (κ3) is 5.20. The van der Waals surface area contributed by atoms with Crippen LogP contribution in [0.15, 0.2) is 29.2 Å². The van der Waals surface area contributed by atoms with Gasteiger partial charge in [0.2, 0.25) is 10.0 Å². The van der Waals surface area contributed by atoms with E-state index in [1.165, 1.54) is 11.8 Å². The monoisotopic (exact) mass is 328 g/mol. The summed E-state index contributed by atoms with van der Waals surface area (Å²) < 4.78 is 26.6. The van der Waals surface area contributed by atoms with Crippen molar-refractivity contribution in [3.63, 3.8) is 0 Å². The smallest absolute Gasteiger partial charge is 0.215 e. The molecule has 0 aliphatic heterocycles. The van der Waals surface area contributed by atoms with Gasteiger partial charge in [-0.05, 0) is 50.8 Å². The van der Waals surface area contributed by atoms with Crippen molar-refractivity contribution in [2.45, 2.75) is 37.6 Å². The first kappa shape index (κ1) is 16.6. The molecule has 1 aromatic rings. The van der Waals surface area contributed by atoms with E-state index in [-0.39, 0.29) is 11.8 Å². The predicted molar refractivity (Wildman–Crippen MR) is 89.9 cm³/mol. The third-order valence-corrected chi connectivity index (χ3v) is 6.80. The number of benzene rings is 1. The molecule has 4 nitrogen and oxygen atoms in total. The molecule has 118 valence electrons. The molecule has 0 radical (unpaired) electrons. The quantitative estimate of drug-likeness (QED) is 0.589. The molecule has 2 N–H and O–H groups in total. The molecule has 0 heterocycles. The average Bonchev–Trinajstić information content (AvgIpc) is 3.19. The first-order valence-electron chi connectivity index (χ1n) is 7.36. The predicted octanol–water partition coefficient (Wildman–Crippen LogP) is 2.81. The zero-order valence-corrected chi connectivity index (χ0v) is 14.3. The molecule has 1 aliphatic carbocycles. The number of hydrogen-bond acceptors (Lipinski definition) is 4. The van der Waals surface area contributed by atoms with E-state index in [9.17, 15) is 8.42 Å². The number of rotatable bonds is 8. The normalized spacial score (nSPS) is 15.8. The van der Waals surface area contributed by atoms with Crippen molar-refractivity contribution in [2.24, 2.45) is 5.92 Å². The fourth-order valence-corrected chi connectivity index (χ4v) is 5.31. The molecule has 0 spiro atoms. The minimum Gasteiger partial charge on any atom is -0.399 e. The van der Waals surface area contributed by atoms with Gasteiger partial charge in [0.15, 0.2) is 0 Å². The van der Waals surface area contributed by atoms with Crippen molar-refractivity contribution < 1.29 is 8.42 Å². The van der Waals surface area contributed by atoms with E-state index >= 15 is 0 Å². The van der Waals surface area contributed by atoms with Crippen molar-refractivity contribution in [3.05, 3.63) is 24.3 Å². The summed E-state index contributed by atoms with van der Waals surface area (Å²) in [4.78, 5) is 1.02. The van der Waals surface area contributed by atoms with Crippen molar-refractivity contribution >= 4 is 27.5 Å². The molecule has 0 atom stereocenters. The van der Waals surface area contributed by atoms with Crippen LogP contribution in [0.4, 0.5) is 5.69 Å². The Bertz CT molecular complexity index is 569. The van der Waals surface area contributed by atoms with Crippen LogP contribution >= 0.6 is 11.8 Å². The number of hydrogen-bond donors (Lipinski definition) is 1. The van der Waals surface area contributed by atoms with Crippen molar-refractivity contribution in [1.29, 1.82) is 0 Å². The summed E-state index contributed by atoms with van der Waals surface area (Å²) in [7, 11) is -3.18. The molecule has 2 rings (SSSR count). The second-order valence-electron chi connectivity index (χ2n) is 5.84. The van der Waals surface area contributed by atoms with Gasteiger partial charge in [0.05, 0.1) is 5.75 Å². The summed E-state index contributed by atoms with van der Waals surface area (Å²) in [6.45, 7) is 4.58. The maximum Gasteiger partial charge on any atom is 0.215 e. The first-order valence-corrected chi connectivity index (χ1v) is 9.96. The Morgan fingerprint density at radius 3 is 2.67 bits per heavy atom. The molecule has 1 saturated carbocycles. The molecular weight excluding hydrogens is 304 g/mol. The summed E-state index contributed by atoms with van der Waals surface area (Å²) in [5.41, 5.74) is 6.43. The number of nitrogen functional groups attached to an aromatic ring is 1. The second kappa shape index (κ2) is 7.03. The van der Waals surface area contributed by atoms with Gasteiger partial charge in [-0.15, -0.1) is 11.8 Å². The molecular formula is C15H24N2O2S2. The van der Waals surface area contributed by atoms with E-state index in [0.717, 1.165) is 17.7 Å². The summed E-state index contributed by atoms with van der Waals surface area (Å²) in [6, 6.07) is 7.59. The maximum absolute atomic E-state index is 12.5. The summed E-state index contributed by atoms with van der Waals surface area (Å²) in [5.74, 6) is 1.31. The average molecular weight is 329 g/mol. The van der Waals surface area contributed by atoms with E-state index in [2.05, 4.69) is 0 Å². The van der Waals surface area contributed by atoms with Gasteiger partial charge >= 0.3 is 0 Å². The Morgan fingerprint density at radius 2 is 2.10 bits per heavy atom. The minimum absolute atomic E-state index is 0.0352. The summed E-state index contributed by atoms with van der Waals surface area (Å²) >= 11 is 1.54. The van der Waals surface area contributed by atoms with Crippen LogP contribution in [0, 0.1) is 5.92 Å². The first-order chi connectivity index (χ1) is 9.88. The zero-order chi connectivity index (χ0) is 15.5. The largest absolute Gasteiger partial charge is 0.399 e. The molecule has 1 aromatic carbocycles. The van der Waals surface area contributed by atoms with Gasteiger partial charge in [-0.25, -0.2) is 8.42 Å². The summed E-state index contributed by atoms with van der Waals surface area (Å²) in [6.07, 6.45) is 2.33. The van der Waals surface area contributed by atoms with Gasteiger partial charge in [-0.2, -0.15) is 4.31 Å². The van der Waals surface area contributed by atoms with Crippen LogP contribution in [0.2, 0.25) is 0 Å². The highest BCUT2D eigenvalue weighted by Crippen LogP contribution is 2.31. The van der Waals surface area contributed by atoms with Gasteiger partial charge in [0, 0.05) is 28.9 Å². The fourth-order valence-electron chi connectivity index (χ4n) is 2.19. The minimum atomic E-state index is -3.18. The molecule has 0 unspecified atom stereocenters. The van der Waals surface area contributed by atoms with Gasteiger partial charge in [-0.3, -0.25) is 0 Å². The second-order valence-corrected chi connectivity index (χ2v) is 9.05. The Labute approximate surface area is 132 Å².